The smallest absolute Gasteiger partial charge is 0.0233 e. The average Bonchev–Trinajstić information content (AvgIpc) is 3.02. The predicted octanol–water partition coefficient (Wildman–Crippen LogP) is 3.14. The fraction of sp³-hybridized carbons (Fsp3) is 0.571. The maximum absolute atomic E-state index is 4.46. The Kier molecular flexibility index (Phi) is 3.60. The lowest BCUT2D eigenvalue weighted by Gasteiger charge is -2.23. The van der Waals surface area contributed by atoms with Gasteiger partial charge in [-0.3, -0.25) is 0 Å². The quantitative estimate of drug-likeness (QED) is 0.767. The van der Waals surface area contributed by atoms with Crippen LogP contribution < -0.4 is 0 Å². The summed E-state index contributed by atoms with van der Waals surface area (Å²) in [6, 6.07) is 8.65. The van der Waals surface area contributed by atoms with Crippen LogP contribution in [0.1, 0.15) is 24.0 Å². The van der Waals surface area contributed by atoms with Gasteiger partial charge in [0.2, 0.25) is 0 Å². The highest BCUT2D eigenvalue weighted by Crippen LogP contribution is 2.47. The number of hydrogen-bond acceptors (Lipinski definition) is 2. The molecule has 0 saturated heterocycles. The second kappa shape index (κ2) is 4.80. The molecule has 1 aromatic rings. The summed E-state index contributed by atoms with van der Waals surface area (Å²) in [5.74, 6) is 1.03. The summed E-state index contributed by atoms with van der Waals surface area (Å²) in [6.07, 6.45) is 2.71. The van der Waals surface area contributed by atoms with Crippen molar-refractivity contribution in [2.45, 2.75) is 26.3 Å². The number of aryl methyl sites for hydroxylation is 1. The first-order valence-electron chi connectivity index (χ1n) is 5.99. The Balaban J connectivity index is 1.92. The molecule has 0 radical (unpaired) electrons. The van der Waals surface area contributed by atoms with Crippen LogP contribution >= 0.6 is 12.6 Å². The topological polar surface area (TPSA) is 3.24 Å². The normalized spacial score (nSPS) is 17.8. The van der Waals surface area contributed by atoms with Crippen LogP contribution in [0.25, 0.3) is 0 Å². The van der Waals surface area contributed by atoms with E-state index in [0.29, 0.717) is 5.41 Å². The van der Waals surface area contributed by atoms with Crippen molar-refractivity contribution < 1.29 is 0 Å². The Morgan fingerprint density at radius 3 is 2.56 bits per heavy atom. The summed E-state index contributed by atoms with van der Waals surface area (Å²) in [7, 11) is 2.22. The van der Waals surface area contributed by atoms with Crippen LogP contribution in [0.4, 0.5) is 0 Å². The molecule has 0 aromatic heterocycles. The van der Waals surface area contributed by atoms with Crippen molar-refractivity contribution in [2.24, 2.45) is 5.41 Å². The second-order valence-electron chi connectivity index (χ2n) is 5.26. The molecule has 1 aromatic carbocycles. The summed E-state index contributed by atoms with van der Waals surface area (Å²) in [6.45, 7) is 4.43. The molecule has 88 valence electrons. The van der Waals surface area contributed by atoms with E-state index in [1.807, 2.05) is 0 Å². The van der Waals surface area contributed by atoms with Gasteiger partial charge in [-0.15, -0.1) is 0 Å². The molecule has 1 nitrogen and oxygen atoms in total. The van der Waals surface area contributed by atoms with Crippen molar-refractivity contribution in [1.82, 2.24) is 4.90 Å². The molecule has 0 spiro atoms. The third-order valence-corrected chi connectivity index (χ3v) is 4.27. The highest BCUT2D eigenvalue weighted by molar-refractivity contribution is 7.80. The van der Waals surface area contributed by atoms with E-state index in [9.17, 15) is 0 Å². The minimum Gasteiger partial charge on any atom is -0.302 e. The fourth-order valence-electron chi connectivity index (χ4n) is 2.25. The lowest BCUT2D eigenvalue weighted by molar-refractivity contribution is 0.270. The average molecular weight is 235 g/mol. The summed E-state index contributed by atoms with van der Waals surface area (Å²) < 4.78 is 0. The van der Waals surface area contributed by atoms with Crippen LogP contribution in [0.3, 0.4) is 0 Å². The molecule has 0 atom stereocenters. The Labute approximate surface area is 104 Å². The Morgan fingerprint density at radius 2 is 2.00 bits per heavy atom. The first-order chi connectivity index (χ1) is 7.65. The lowest BCUT2D eigenvalue weighted by atomic mass is 10.1. The van der Waals surface area contributed by atoms with Crippen LogP contribution in [-0.2, 0) is 6.54 Å². The van der Waals surface area contributed by atoms with Crippen molar-refractivity contribution in [1.29, 1.82) is 0 Å². The number of rotatable bonds is 5. The van der Waals surface area contributed by atoms with Crippen LogP contribution in [0.15, 0.2) is 24.3 Å². The molecule has 1 saturated carbocycles. The third-order valence-electron chi connectivity index (χ3n) is 3.60. The molecular weight excluding hydrogens is 214 g/mol. The highest BCUT2D eigenvalue weighted by atomic mass is 32.1. The van der Waals surface area contributed by atoms with E-state index in [0.717, 1.165) is 12.3 Å². The molecule has 0 N–H and O–H groups in total. The maximum atomic E-state index is 4.46. The SMILES string of the molecule is Cc1ccccc1CN(C)CC1(CS)CC1. The van der Waals surface area contributed by atoms with Crippen molar-refractivity contribution >= 4 is 12.6 Å². The van der Waals surface area contributed by atoms with Gasteiger partial charge in [-0.1, -0.05) is 24.3 Å². The van der Waals surface area contributed by atoms with Crippen molar-refractivity contribution in [2.75, 3.05) is 19.3 Å². The molecule has 1 aliphatic rings. The van der Waals surface area contributed by atoms with Gasteiger partial charge in [0, 0.05) is 13.1 Å². The van der Waals surface area contributed by atoms with Crippen LogP contribution in [0, 0.1) is 12.3 Å². The molecule has 0 heterocycles. The Bertz CT molecular complexity index is 358. The van der Waals surface area contributed by atoms with E-state index in [1.165, 1.54) is 30.5 Å². The largest absolute Gasteiger partial charge is 0.302 e. The van der Waals surface area contributed by atoms with Gasteiger partial charge in [0.15, 0.2) is 0 Å². The monoisotopic (exact) mass is 235 g/mol. The van der Waals surface area contributed by atoms with Crippen LogP contribution in [0.5, 0.6) is 0 Å². The first-order valence-corrected chi connectivity index (χ1v) is 6.62. The molecule has 1 fully saturated rings. The zero-order valence-electron chi connectivity index (χ0n) is 10.2. The molecule has 0 unspecified atom stereocenters. The minimum absolute atomic E-state index is 0.528. The van der Waals surface area contributed by atoms with Crippen molar-refractivity contribution in [3.8, 4) is 0 Å². The molecule has 0 bridgehead atoms. The summed E-state index contributed by atoms with van der Waals surface area (Å²) >= 11 is 4.46. The van der Waals surface area contributed by atoms with Crippen molar-refractivity contribution in [3.63, 3.8) is 0 Å². The number of nitrogens with zero attached hydrogens (tertiary/aromatic N) is 1. The zero-order chi connectivity index (χ0) is 11.6. The molecule has 2 rings (SSSR count). The Morgan fingerprint density at radius 1 is 1.31 bits per heavy atom. The first kappa shape index (κ1) is 12.0. The van der Waals surface area contributed by atoms with E-state index in [-0.39, 0.29) is 0 Å². The minimum atomic E-state index is 0.528. The molecular formula is C14H21NS. The van der Waals surface area contributed by atoms with Gasteiger partial charge in [-0.2, -0.15) is 12.6 Å². The van der Waals surface area contributed by atoms with Gasteiger partial charge in [-0.25, -0.2) is 0 Å². The number of hydrogen-bond donors (Lipinski definition) is 1. The fourth-order valence-corrected chi connectivity index (χ4v) is 2.67. The second-order valence-corrected chi connectivity index (χ2v) is 5.57. The van der Waals surface area contributed by atoms with Gasteiger partial charge < -0.3 is 4.90 Å². The van der Waals surface area contributed by atoms with Gasteiger partial charge in [0.05, 0.1) is 0 Å². The summed E-state index contributed by atoms with van der Waals surface area (Å²) in [5, 5.41) is 0. The van der Waals surface area contributed by atoms with Crippen molar-refractivity contribution in [3.05, 3.63) is 35.4 Å². The number of benzene rings is 1. The molecule has 0 aliphatic heterocycles. The Hall–Kier alpha value is -0.470. The maximum Gasteiger partial charge on any atom is 0.0233 e. The van der Waals surface area contributed by atoms with Gasteiger partial charge in [0.1, 0.15) is 0 Å². The summed E-state index contributed by atoms with van der Waals surface area (Å²) in [5.41, 5.74) is 3.37. The van der Waals surface area contributed by atoms with E-state index in [4.69, 9.17) is 0 Å². The lowest BCUT2D eigenvalue weighted by Crippen LogP contribution is -2.27. The number of thiol groups is 1. The van der Waals surface area contributed by atoms with E-state index in [2.05, 4.69) is 55.8 Å². The van der Waals surface area contributed by atoms with E-state index >= 15 is 0 Å². The third kappa shape index (κ3) is 2.80. The van der Waals surface area contributed by atoms with Gasteiger partial charge in [-0.05, 0) is 49.1 Å². The standard InChI is InChI=1S/C14H21NS/c1-12-5-3-4-6-13(12)9-15(2)10-14(11-16)7-8-14/h3-6,16H,7-11H2,1-2H3. The summed E-state index contributed by atoms with van der Waals surface area (Å²) in [4.78, 5) is 2.44. The van der Waals surface area contributed by atoms with E-state index in [1.54, 1.807) is 0 Å². The zero-order valence-corrected chi connectivity index (χ0v) is 11.1. The molecule has 1 aliphatic carbocycles. The molecule has 2 heteroatoms. The van der Waals surface area contributed by atoms with E-state index < -0.39 is 0 Å². The molecule has 16 heavy (non-hydrogen) atoms. The van der Waals surface area contributed by atoms with Crippen LogP contribution in [0.2, 0.25) is 0 Å². The molecule has 0 amide bonds. The van der Waals surface area contributed by atoms with Crippen LogP contribution in [-0.4, -0.2) is 24.2 Å². The van der Waals surface area contributed by atoms with Gasteiger partial charge in [0.25, 0.3) is 0 Å². The highest BCUT2D eigenvalue weighted by Gasteiger charge is 2.41. The predicted molar refractivity (Wildman–Crippen MR) is 73.0 cm³/mol. The van der Waals surface area contributed by atoms with Gasteiger partial charge >= 0.3 is 0 Å².